The third-order valence-corrected chi connectivity index (χ3v) is 3.18. The van der Waals surface area contributed by atoms with Gasteiger partial charge in [-0.2, -0.15) is 0 Å². The topological polar surface area (TPSA) is 47.0 Å². The minimum Gasteiger partial charge on any atom is -0.491 e. The molecule has 2 aromatic rings. The van der Waals surface area contributed by atoms with E-state index in [4.69, 9.17) is 4.74 Å². The number of fused-ring (bicyclic) bond motifs is 1. The molecular formula is C12H10IN3O. The molecule has 0 saturated heterocycles. The van der Waals surface area contributed by atoms with Crippen LogP contribution in [0.1, 0.15) is 11.6 Å². The number of halogens is 1. The summed E-state index contributed by atoms with van der Waals surface area (Å²) in [5, 5.41) is 3.27. The summed E-state index contributed by atoms with van der Waals surface area (Å²) in [4.78, 5) is 8.46. The van der Waals surface area contributed by atoms with Gasteiger partial charge >= 0.3 is 0 Å². The van der Waals surface area contributed by atoms with Crippen LogP contribution in [0, 0.1) is 3.57 Å². The molecule has 4 nitrogen and oxygen atoms in total. The van der Waals surface area contributed by atoms with Gasteiger partial charge in [-0.05, 0) is 28.7 Å². The number of para-hydroxylation sites is 1. The molecule has 0 amide bonds. The molecule has 0 saturated carbocycles. The van der Waals surface area contributed by atoms with Crippen molar-refractivity contribution >= 4 is 28.5 Å². The predicted octanol–water partition coefficient (Wildman–Crippen LogP) is 2.63. The zero-order chi connectivity index (χ0) is 11.7. The minimum atomic E-state index is 0.131. The molecule has 1 N–H and O–H groups in total. The average molecular weight is 339 g/mol. The number of aromatic nitrogens is 2. The summed E-state index contributed by atoms with van der Waals surface area (Å²) >= 11 is 2.18. The Balaban J connectivity index is 1.81. The van der Waals surface area contributed by atoms with Gasteiger partial charge < -0.3 is 10.1 Å². The van der Waals surface area contributed by atoms with Gasteiger partial charge in [0.15, 0.2) is 0 Å². The molecule has 1 aromatic heterocycles. The van der Waals surface area contributed by atoms with Crippen LogP contribution in [0.5, 0.6) is 5.75 Å². The fraction of sp³-hybridized carbons (Fsp3) is 0.167. The van der Waals surface area contributed by atoms with Gasteiger partial charge in [0, 0.05) is 21.5 Å². The van der Waals surface area contributed by atoms with Crippen molar-refractivity contribution in [3.05, 3.63) is 45.8 Å². The first-order chi connectivity index (χ1) is 8.33. The van der Waals surface area contributed by atoms with Crippen molar-refractivity contribution in [2.45, 2.75) is 6.04 Å². The monoisotopic (exact) mass is 339 g/mol. The normalized spacial score (nSPS) is 17.4. The highest BCUT2D eigenvalue weighted by Gasteiger charge is 2.23. The Hall–Kier alpha value is -1.37. The molecule has 1 aliphatic rings. The van der Waals surface area contributed by atoms with Crippen LogP contribution >= 0.6 is 22.6 Å². The Labute approximate surface area is 113 Å². The summed E-state index contributed by atoms with van der Waals surface area (Å²) in [7, 11) is 0. The molecule has 1 atom stereocenters. The second-order valence-corrected chi connectivity index (χ2v) is 5.02. The molecule has 0 fully saturated rings. The lowest BCUT2D eigenvalue weighted by Gasteiger charge is -2.10. The maximum atomic E-state index is 5.59. The van der Waals surface area contributed by atoms with Gasteiger partial charge in [0.25, 0.3) is 0 Å². The van der Waals surface area contributed by atoms with E-state index in [1.165, 1.54) is 0 Å². The molecule has 0 radical (unpaired) electrons. The molecule has 1 aromatic carbocycles. The van der Waals surface area contributed by atoms with Gasteiger partial charge in [-0.15, -0.1) is 0 Å². The maximum Gasteiger partial charge on any atom is 0.223 e. The van der Waals surface area contributed by atoms with Gasteiger partial charge in [-0.3, -0.25) is 0 Å². The molecule has 0 aliphatic carbocycles. The minimum absolute atomic E-state index is 0.131. The van der Waals surface area contributed by atoms with E-state index in [1.807, 2.05) is 18.2 Å². The van der Waals surface area contributed by atoms with Crippen LogP contribution in [-0.4, -0.2) is 16.6 Å². The summed E-state index contributed by atoms with van der Waals surface area (Å²) in [5.74, 6) is 1.58. The highest BCUT2D eigenvalue weighted by atomic mass is 127. The van der Waals surface area contributed by atoms with Crippen molar-refractivity contribution in [1.82, 2.24) is 9.97 Å². The van der Waals surface area contributed by atoms with Crippen LogP contribution in [0.4, 0.5) is 5.95 Å². The lowest BCUT2D eigenvalue weighted by atomic mass is 10.1. The van der Waals surface area contributed by atoms with Gasteiger partial charge in [-0.25, -0.2) is 9.97 Å². The van der Waals surface area contributed by atoms with E-state index in [0.29, 0.717) is 12.6 Å². The summed E-state index contributed by atoms with van der Waals surface area (Å²) in [6.45, 7) is 0.620. The van der Waals surface area contributed by atoms with E-state index >= 15 is 0 Å². The Morgan fingerprint density at radius 2 is 2.00 bits per heavy atom. The van der Waals surface area contributed by atoms with Crippen molar-refractivity contribution in [1.29, 1.82) is 0 Å². The van der Waals surface area contributed by atoms with Gasteiger partial charge in [-0.1, -0.05) is 18.2 Å². The van der Waals surface area contributed by atoms with Crippen molar-refractivity contribution in [3.8, 4) is 5.75 Å². The third-order valence-electron chi connectivity index (χ3n) is 2.62. The van der Waals surface area contributed by atoms with Gasteiger partial charge in [0.05, 0.1) is 6.04 Å². The number of benzene rings is 1. The molecule has 3 rings (SSSR count). The first-order valence-electron chi connectivity index (χ1n) is 5.29. The maximum absolute atomic E-state index is 5.59. The number of nitrogens with zero attached hydrogens (tertiary/aromatic N) is 2. The van der Waals surface area contributed by atoms with Gasteiger partial charge in [0.2, 0.25) is 5.95 Å². The number of nitrogens with one attached hydrogen (secondary N) is 1. The smallest absolute Gasteiger partial charge is 0.223 e. The van der Waals surface area contributed by atoms with Crippen molar-refractivity contribution in [3.63, 3.8) is 0 Å². The standard InChI is InChI=1S/C12H10IN3O/c13-8-5-14-12(15-6-8)16-10-7-17-11-4-2-1-3-9(10)11/h1-6,10H,7H2,(H,14,15,16). The fourth-order valence-electron chi connectivity index (χ4n) is 1.82. The number of ether oxygens (including phenoxy) is 1. The van der Waals surface area contributed by atoms with Crippen LogP contribution in [-0.2, 0) is 0 Å². The van der Waals surface area contributed by atoms with Crippen LogP contribution < -0.4 is 10.1 Å². The van der Waals surface area contributed by atoms with Crippen LogP contribution in [0.15, 0.2) is 36.7 Å². The lowest BCUT2D eigenvalue weighted by molar-refractivity contribution is 0.339. The first kappa shape index (κ1) is 10.8. The molecule has 86 valence electrons. The highest BCUT2D eigenvalue weighted by molar-refractivity contribution is 14.1. The molecule has 17 heavy (non-hydrogen) atoms. The second kappa shape index (κ2) is 4.48. The molecule has 2 heterocycles. The van der Waals surface area contributed by atoms with Crippen molar-refractivity contribution in [2.75, 3.05) is 11.9 Å². The zero-order valence-electron chi connectivity index (χ0n) is 8.93. The first-order valence-corrected chi connectivity index (χ1v) is 6.36. The number of hydrogen-bond acceptors (Lipinski definition) is 4. The quantitative estimate of drug-likeness (QED) is 0.855. The van der Waals surface area contributed by atoms with E-state index in [2.05, 4.69) is 43.9 Å². The molecule has 0 spiro atoms. The van der Waals surface area contributed by atoms with Crippen LogP contribution in [0.25, 0.3) is 0 Å². The summed E-state index contributed by atoms with van der Waals surface area (Å²) < 4.78 is 6.61. The van der Waals surface area contributed by atoms with E-state index in [-0.39, 0.29) is 6.04 Å². The zero-order valence-corrected chi connectivity index (χ0v) is 11.1. The average Bonchev–Trinajstić information content (AvgIpc) is 2.76. The molecule has 1 aliphatic heterocycles. The summed E-state index contributed by atoms with van der Waals surface area (Å²) in [6, 6.07) is 8.16. The number of anilines is 1. The van der Waals surface area contributed by atoms with Gasteiger partial charge in [0.1, 0.15) is 12.4 Å². The third kappa shape index (κ3) is 2.19. The second-order valence-electron chi connectivity index (χ2n) is 3.77. The Kier molecular flexibility index (Phi) is 2.84. The summed E-state index contributed by atoms with van der Waals surface area (Å²) in [6.07, 6.45) is 3.58. The highest BCUT2D eigenvalue weighted by Crippen LogP contribution is 2.33. The Morgan fingerprint density at radius 3 is 2.82 bits per heavy atom. The van der Waals surface area contributed by atoms with Crippen LogP contribution in [0.3, 0.4) is 0 Å². The molecular weight excluding hydrogens is 329 g/mol. The van der Waals surface area contributed by atoms with Crippen molar-refractivity contribution in [2.24, 2.45) is 0 Å². The lowest BCUT2D eigenvalue weighted by Crippen LogP contribution is -2.13. The molecule has 0 bridgehead atoms. The van der Waals surface area contributed by atoms with E-state index < -0.39 is 0 Å². The van der Waals surface area contributed by atoms with E-state index in [1.54, 1.807) is 12.4 Å². The predicted molar refractivity (Wildman–Crippen MR) is 73.0 cm³/mol. The van der Waals surface area contributed by atoms with Crippen molar-refractivity contribution < 1.29 is 4.74 Å². The molecule has 5 heteroatoms. The largest absolute Gasteiger partial charge is 0.491 e. The SMILES string of the molecule is Ic1cnc(NC2COc3ccccc32)nc1. The molecule has 1 unspecified atom stereocenters. The summed E-state index contributed by atoms with van der Waals surface area (Å²) in [5.41, 5.74) is 1.16. The number of rotatable bonds is 2. The Morgan fingerprint density at radius 1 is 1.24 bits per heavy atom. The fourth-order valence-corrected chi connectivity index (χ4v) is 2.10. The number of hydrogen-bond donors (Lipinski definition) is 1. The van der Waals surface area contributed by atoms with E-state index in [0.717, 1.165) is 14.9 Å². The Bertz CT molecular complexity index is 530. The van der Waals surface area contributed by atoms with E-state index in [9.17, 15) is 0 Å². The van der Waals surface area contributed by atoms with Crippen LogP contribution in [0.2, 0.25) is 0 Å².